The van der Waals surface area contributed by atoms with E-state index in [1.807, 2.05) is 0 Å². The lowest BCUT2D eigenvalue weighted by atomic mass is 10.1. The minimum Gasteiger partial charge on any atom is -0.505 e. The molecule has 7 heteroatoms. The van der Waals surface area contributed by atoms with Crippen LogP contribution in [0, 0.1) is 0 Å². The second-order valence-electron chi connectivity index (χ2n) is 5.20. The molecule has 1 aliphatic heterocycles. The molecule has 0 radical (unpaired) electrons. The first-order valence-corrected chi connectivity index (χ1v) is 6.74. The summed E-state index contributed by atoms with van der Waals surface area (Å²) in [5.41, 5.74) is 5.98. The molecule has 1 fully saturated rings. The Kier molecular flexibility index (Phi) is 4.21. The number of amides is 3. The molecule has 0 spiro atoms. The number of carbonyl (C=O) groups is 2. The summed E-state index contributed by atoms with van der Waals surface area (Å²) in [6, 6.07) is 4.66. The second kappa shape index (κ2) is 5.90. The molecule has 1 saturated heterocycles. The molecule has 1 aromatic rings. The third-order valence-electron chi connectivity index (χ3n) is 3.52. The first-order chi connectivity index (χ1) is 9.91. The highest BCUT2D eigenvalue weighted by Gasteiger charge is 2.27. The minimum atomic E-state index is -0.267. The number of aromatic hydroxyl groups is 1. The molecule has 0 bridgehead atoms. The van der Waals surface area contributed by atoms with Gasteiger partial charge in [0, 0.05) is 40.3 Å². The van der Waals surface area contributed by atoms with Gasteiger partial charge in [-0.15, -0.1) is 0 Å². The van der Waals surface area contributed by atoms with E-state index in [0.29, 0.717) is 26.2 Å². The number of anilines is 1. The molecule has 0 atom stereocenters. The van der Waals surface area contributed by atoms with Crippen LogP contribution in [0.2, 0.25) is 0 Å². The third-order valence-corrected chi connectivity index (χ3v) is 3.52. The van der Waals surface area contributed by atoms with Crippen molar-refractivity contribution in [1.29, 1.82) is 0 Å². The van der Waals surface area contributed by atoms with Crippen molar-refractivity contribution >= 4 is 17.6 Å². The Morgan fingerprint density at radius 3 is 2.29 bits per heavy atom. The number of phenolic OH excluding ortho intramolecular Hbond substituents is 1. The van der Waals surface area contributed by atoms with Crippen LogP contribution < -0.4 is 5.73 Å². The van der Waals surface area contributed by atoms with Crippen molar-refractivity contribution in [2.75, 3.05) is 46.0 Å². The van der Waals surface area contributed by atoms with Crippen LogP contribution in [0.5, 0.6) is 5.75 Å². The molecule has 0 unspecified atom stereocenters. The maximum atomic E-state index is 12.4. The van der Waals surface area contributed by atoms with E-state index < -0.39 is 0 Å². The number of nitrogen functional groups attached to an aromatic ring is 1. The van der Waals surface area contributed by atoms with Gasteiger partial charge in [0.1, 0.15) is 0 Å². The molecule has 21 heavy (non-hydrogen) atoms. The molecule has 0 aromatic heterocycles. The molecule has 0 saturated carbocycles. The van der Waals surface area contributed by atoms with Crippen LogP contribution in [0.3, 0.4) is 0 Å². The van der Waals surface area contributed by atoms with Gasteiger partial charge in [-0.2, -0.15) is 0 Å². The number of hydrogen-bond donors (Lipinski definition) is 2. The van der Waals surface area contributed by atoms with Gasteiger partial charge >= 0.3 is 6.03 Å². The van der Waals surface area contributed by atoms with E-state index in [4.69, 9.17) is 5.73 Å². The van der Waals surface area contributed by atoms with Crippen LogP contribution in [0.1, 0.15) is 10.4 Å². The Labute approximate surface area is 123 Å². The lowest BCUT2D eigenvalue weighted by Gasteiger charge is -2.36. The summed E-state index contributed by atoms with van der Waals surface area (Å²) in [4.78, 5) is 29.0. The Morgan fingerprint density at radius 1 is 1.14 bits per heavy atom. The van der Waals surface area contributed by atoms with E-state index in [9.17, 15) is 14.7 Å². The first-order valence-electron chi connectivity index (χ1n) is 6.74. The molecule has 2 rings (SSSR count). The van der Waals surface area contributed by atoms with Crippen molar-refractivity contribution in [1.82, 2.24) is 14.7 Å². The number of piperazine rings is 1. The van der Waals surface area contributed by atoms with Gasteiger partial charge in [-0.1, -0.05) is 6.07 Å². The van der Waals surface area contributed by atoms with Gasteiger partial charge in [-0.25, -0.2) is 4.79 Å². The van der Waals surface area contributed by atoms with E-state index >= 15 is 0 Å². The van der Waals surface area contributed by atoms with Crippen molar-refractivity contribution < 1.29 is 14.7 Å². The molecule has 1 heterocycles. The first kappa shape index (κ1) is 15.0. The minimum absolute atomic E-state index is 0.0612. The highest BCUT2D eigenvalue weighted by Crippen LogP contribution is 2.26. The predicted octanol–water partition coefficient (Wildman–Crippen LogP) is 0.414. The number of hydrogen-bond acceptors (Lipinski definition) is 4. The van der Waals surface area contributed by atoms with E-state index in [1.54, 1.807) is 42.1 Å². The average Bonchev–Trinajstić information content (AvgIpc) is 2.48. The fraction of sp³-hybridized carbons (Fsp3) is 0.429. The number of rotatable bonds is 1. The zero-order valence-corrected chi connectivity index (χ0v) is 12.2. The maximum Gasteiger partial charge on any atom is 0.319 e. The average molecular weight is 292 g/mol. The van der Waals surface area contributed by atoms with Crippen molar-refractivity contribution in [2.45, 2.75) is 0 Å². The smallest absolute Gasteiger partial charge is 0.319 e. The number of phenols is 1. The zero-order chi connectivity index (χ0) is 15.6. The summed E-state index contributed by atoms with van der Waals surface area (Å²) in [6.45, 7) is 1.83. The molecular weight excluding hydrogens is 272 g/mol. The van der Waals surface area contributed by atoms with Crippen molar-refractivity contribution in [3.8, 4) is 5.75 Å². The van der Waals surface area contributed by atoms with Gasteiger partial charge in [0.25, 0.3) is 5.91 Å². The van der Waals surface area contributed by atoms with Gasteiger partial charge in [0.15, 0.2) is 5.75 Å². The standard InChI is InChI=1S/C14H20N4O3/c1-16(2)14(21)18-8-6-17(7-9-18)13(20)10-4-3-5-11(15)12(10)19/h3-5,19H,6-9,15H2,1-2H3. The molecule has 7 nitrogen and oxygen atoms in total. The van der Waals surface area contributed by atoms with Gasteiger partial charge in [0.05, 0.1) is 11.3 Å². The Morgan fingerprint density at radius 2 is 1.71 bits per heavy atom. The van der Waals surface area contributed by atoms with E-state index in [0.717, 1.165) is 0 Å². The van der Waals surface area contributed by atoms with E-state index in [1.165, 1.54) is 4.90 Å². The third kappa shape index (κ3) is 3.01. The number of nitrogens with zero attached hydrogens (tertiary/aromatic N) is 3. The summed E-state index contributed by atoms with van der Waals surface area (Å²) >= 11 is 0. The van der Waals surface area contributed by atoms with Gasteiger partial charge < -0.3 is 25.5 Å². The topological polar surface area (TPSA) is 90.1 Å². The molecule has 0 aliphatic carbocycles. The van der Waals surface area contributed by atoms with Crippen molar-refractivity contribution in [3.63, 3.8) is 0 Å². The van der Waals surface area contributed by atoms with E-state index in [2.05, 4.69) is 0 Å². The number of urea groups is 1. The van der Waals surface area contributed by atoms with Crippen molar-refractivity contribution in [2.24, 2.45) is 0 Å². The quantitative estimate of drug-likeness (QED) is 0.579. The molecule has 1 aromatic carbocycles. The van der Waals surface area contributed by atoms with Gasteiger partial charge in [-0.05, 0) is 12.1 Å². The highest BCUT2D eigenvalue weighted by atomic mass is 16.3. The second-order valence-corrected chi connectivity index (χ2v) is 5.20. The van der Waals surface area contributed by atoms with Gasteiger partial charge in [0.2, 0.25) is 0 Å². The van der Waals surface area contributed by atoms with Crippen LogP contribution in [-0.4, -0.2) is 72.0 Å². The summed E-state index contributed by atoms with van der Waals surface area (Å²) in [6.07, 6.45) is 0. The van der Waals surface area contributed by atoms with Crippen LogP contribution in [0.15, 0.2) is 18.2 Å². The Hall–Kier alpha value is -2.44. The maximum absolute atomic E-state index is 12.4. The Balaban J connectivity index is 2.04. The zero-order valence-electron chi connectivity index (χ0n) is 12.2. The number of para-hydroxylation sites is 1. The largest absolute Gasteiger partial charge is 0.505 e. The molecule has 3 amide bonds. The summed E-state index contributed by atoms with van der Waals surface area (Å²) in [7, 11) is 3.40. The van der Waals surface area contributed by atoms with E-state index in [-0.39, 0.29) is 28.9 Å². The normalized spacial score (nSPS) is 15.0. The van der Waals surface area contributed by atoms with Crippen LogP contribution >= 0.6 is 0 Å². The molecule has 3 N–H and O–H groups in total. The number of carbonyl (C=O) groups excluding carboxylic acids is 2. The lowest BCUT2D eigenvalue weighted by Crippen LogP contribution is -2.52. The Bertz CT molecular complexity index is 551. The van der Waals surface area contributed by atoms with Crippen LogP contribution in [-0.2, 0) is 0 Å². The lowest BCUT2D eigenvalue weighted by molar-refractivity contribution is 0.0647. The van der Waals surface area contributed by atoms with Gasteiger partial charge in [-0.3, -0.25) is 4.79 Å². The summed E-state index contributed by atoms with van der Waals surface area (Å²) in [5, 5.41) is 9.87. The van der Waals surface area contributed by atoms with Crippen LogP contribution in [0.4, 0.5) is 10.5 Å². The molecule has 114 valence electrons. The van der Waals surface area contributed by atoms with Crippen molar-refractivity contribution in [3.05, 3.63) is 23.8 Å². The monoisotopic (exact) mass is 292 g/mol. The summed E-state index contributed by atoms with van der Waals surface area (Å²) < 4.78 is 0. The van der Waals surface area contributed by atoms with Crippen LogP contribution in [0.25, 0.3) is 0 Å². The number of nitrogens with two attached hydrogens (primary N) is 1. The predicted molar refractivity (Wildman–Crippen MR) is 79.1 cm³/mol. The molecule has 1 aliphatic rings. The SMILES string of the molecule is CN(C)C(=O)N1CCN(C(=O)c2cccc(N)c2O)CC1. The fourth-order valence-electron chi connectivity index (χ4n) is 2.29. The molecular formula is C14H20N4O3. The highest BCUT2D eigenvalue weighted by molar-refractivity contribution is 5.98. The summed E-state index contributed by atoms with van der Waals surface area (Å²) in [5.74, 6) is -0.453. The number of benzene rings is 1. The fourth-order valence-corrected chi connectivity index (χ4v) is 2.29.